The highest BCUT2D eigenvalue weighted by molar-refractivity contribution is 5.66. The van der Waals surface area contributed by atoms with Crippen LogP contribution in [0.25, 0.3) is 0 Å². The molecule has 0 spiro atoms. The van der Waals surface area contributed by atoms with E-state index in [4.69, 9.17) is 0 Å². The number of aryl methyl sites for hydroxylation is 4. The molecule has 0 aromatic heterocycles. The summed E-state index contributed by atoms with van der Waals surface area (Å²) in [6.45, 7) is 9.03. The highest BCUT2D eigenvalue weighted by Gasteiger charge is 2.05. The third-order valence-electron chi connectivity index (χ3n) is 6.49. The minimum atomic E-state index is 1.21. The summed E-state index contributed by atoms with van der Waals surface area (Å²) in [6.07, 6.45) is 18.8. The van der Waals surface area contributed by atoms with Crippen LogP contribution in [0.5, 0.6) is 0 Å². The van der Waals surface area contributed by atoms with Gasteiger partial charge in [0, 0.05) is 11.4 Å². The molecule has 1 N–H and O–H groups in total. The summed E-state index contributed by atoms with van der Waals surface area (Å²) in [4.78, 5) is 0. The van der Waals surface area contributed by atoms with Crippen molar-refractivity contribution in [1.82, 2.24) is 0 Å². The van der Waals surface area contributed by atoms with Gasteiger partial charge in [-0.15, -0.1) is 0 Å². The highest BCUT2D eigenvalue weighted by atomic mass is 14.9. The molecule has 0 saturated heterocycles. The monoisotopic (exact) mass is 421 g/mol. The second-order valence-electron chi connectivity index (χ2n) is 9.46. The standard InChI is InChI=1S/C30H47N/c1-5-7-9-11-13-15-17-27-19-21-29(25(3)23-27)31-30-22-20-28(24-26(30)4)18-16-14-12-10-8-6-2/h19-24,31H,5-18H2,1-4H3. The SMILES string of the molecule is CCCCCCCCc1ccc(Nc2ccc(CCCCCCCC)cc2C)c(C)c1. The van der Waals surface area contributed by atoms with Crippen molar-refractivity contribution < 1.29 is 0 Å². The summed E-state index contributed by atoms with van der Waals surface area (Å²) in [5, 5.41) is 3.68. The molecule has 0 aliphatic carbocycles. The lowest BCUT2D eigenvalue weighted by Gasteiger charge is -2.14. The molecule has 2 aromatic rings. The molecule has 2 rings (SSSR count). The zero-order valence-corrected chi connectivity index (χ0v) is 20.9. The lowest BCUT2D eigenvalue weighted by atomic mass is 10.0. The van der Waals surface area contributed by atoms with Gasteiger partial charge in [-0.25, -0.2) is 0 Å². The minimum Gasteiger partial charge on any atom is -0.355 e. The summed E-state index contributed by atoms with van der Waals surface area (Å²) < 4.78 is 0. The third kappa shape index (κ3) is 9.93. The predicted octanol–water partition coefficient (Wildman–Crippen LogP) is 9.85. The van der Waals surface area contributed by atoms with Crippen LogP contribution in [-0.2, 0) is 12.8 Å². The van der Waals surface area contributed by atoms with Crippen LogP contribution in [0.4, 0.5) is 11.4 Å². The average molecular weight is 422 g/mol. The quantitative estimate of drug-likeness (QED) is 0.266. The van der Waals surface area contributed by atoms with E-state index in [9.17, 15) is 0 Å². The molecule has 0 bridgehead atoms. The number of rotatable bonds is 16. The molecule has 1 nitrogen and oxygen atoms in total. The third-order valence-corrected chi connectivity index (χ3v) is 6.49. The van der Waals surface area contributed by atoms with Crippen molar-refractivity contribution in [3.8, 4) is 0 Å². The van der Waals surface area contributed by atoms with Gasteiger partial charge in [-0.1, -0.05) is 102 Å². The van der Waals surface area contributed by atoms with Crippen LogP contribution in [0, 0.1) is 13.8 Å². The van der Waals surface area contributed by atoms with E-state index >= 15 is 0 Å². The van der Waals surface area contributed by atoms with Gasteiger partial charge in [0.25, 0.3) is 0 Å². The van der Waals surface area contributed by atoms with E-state index in [1.165, 1.54) is 124 Å². The van der Waals surface area contributed by atoms with Gasteiger partial charge in [0.2, 0.25) is 0 Å². The molecule has 0 saturated carbocycles. The molecule has 0 radical (unpaired) electrons. The van der Waals surface area contributed by atoms with Crippen molar-refractivity contribution >= 4 is 11.4 Å². The first-order chi connectivity index (χ1) is 15.1. The topological polar surface area (TPSA) is 12.0 Å². The zero-order chi connectivity index (χ0) is 22.3. The second-order valence-corrected chi connectivity index (χ2v) is 9.46. The Morgan fingerprint density at radius 1 is 0.516 bits per heavy atom. The molecule has 0 fully saturated rings. The van der Waals surface area contributed by atoms with Crippen LogP contribution in [0.3, 0.4) is 0 Å². The van der Waals surface area contributed by atoms with Gasteiger partial charge in [-0.3, -0.25) is 0 Å². The first kappa shape index (κ1) is 25.5. The first-order valence-corrected chi connectivity index (χ1v) is 13.1. The Morgan fingerprint density at radius 3 is 1.29 bits per heavy atom. The fourth-order valence-electron chi connectivity index (χ4n) is 4.41. The van der Waals surface area contributed by atoms with E-state index in [1.54, 1.807) is 0 Å². The molecule has 0 amide bonds. The average Bonchev–Trinajstić information content (AvgIpc) is 2.76. The first-order valence-electron chi connectivity index (χ1n) is 13.1. The molecule has 172 valence electrons. The van der Waals surface area contributed by atoms with Crippen LogP contribution < -0.4 is 5.32 Å². The lowest BCUT2D eigenvalue weighted by Crippen LogP contribution is -1.98. The van der Waals surface area contributed by atoms with Crippen molar-refractivity contribution in [3.63, 3.8) is 0 Å². The lowest BCUT2D eigenvalue weighted by molar-refractivity contribution is 0.607. The van der Waals surface area contributed by atoms with Crippen LogP contribution >= 0.6 is 0 Å². The molecule has 0 heterocycles. The summed E-state index contributed by atoms with van der Waals surface area (Å²) in [7, 11) is 0. The molecule has 2 aromatic carbocycles. The summed E-state index contributed by atoms with van der Waals surface area (Å²) in [5.74, 6) is 0. The van der Waals surface area contributed by atoms with Crippen molar-refractivity contribution in [3.05, 3.63) is 58.7 Å². The van der Waals surface area contributed by atoms with Crippen molar-refractivity contribution in [2.24, 2.45) is 0 Å². The Labute approximate surface area is 193 Å². The number of benzene rings is 2. The van der Waals surface area contributed by atoms with Gasteiger partial charge in [0.1, 0.15) is 0 Å². The maximum absolute atomic E-state index is 3.68. The Kier molecular flexibility index (Phi) is 12.4. The smallest absolute Gasteiger partial charge is 0.0414 e. The van der Waals surface area contributed by atoms with Gasteiger partial charge < -0.3 is 5.32 Å². The molecular formula is C30H47N. The van der Waals surface area contributed by atoms with E-state index in [1.807, 2.05) is 0 Å². The molecule has 1 heteroatoms. The number of anilines is 2. The molecule has 0 aliphatic rings. The predicted molar refractivity (Wildman–Crippen MR) is 140 cm³/mol. The van der Waals surface area contributed by atoms with Gasteiger partial charge in [-0.05, 0) is 73.9 Å². The largest absolute Gasteiger partial charge is 0.355 e. The summed E-state index contributed by atoms with van der Waals surface area (Å²) in [5.41, 5.74) is 8.11. The van der Waals surface area contributed by atoms with E-state index in [2.05, 4.69) is 69.4 Å². The fraction of sp³-hybridized carbons (Fsp3) is 0.600. The minimum absolute atomic E-state index is 1.21. The van der Waals surface area contributed by atoms with Gasteiger partial charge in [0.05, 0.1) is 0 Å². The van der Waals surface area contributed by atoms with E-state index < -0.39 is 0 Å². The Morgan fingerprint density at radius 2 is 0.903 bits per heavy atom. The van der Waals surface area contributed by atoms with Gasteiger partial charge in [-0.2, -0.15) is 0 Å². The van der Waals surface area contributed by atoms with Crippen molar-refractivity contribution in [2.75, 3.05) is 5.32 Å². The molecule has 0 unspecified atom stereocenters. The van der Waals surface area contributed by atoms with Crippen molar-refractivity contribution in [1.29, 1.82) is 0 Å². The number of hydrogen-bond acceptors (Lipinski definition) is 1. The number of unbranched alkanes of at least 4 members (excludes halogenated alkanes) is 10. The van der Waals surface area contributed by atoms with Gasteiger partial charge in [0.15, 0.2) is 0 Å². The maximum Gasteiger partial charge on any atom is 0.0414 e. The Hall–Kier alpha value is -1.76. The van der Waals surface area contributed by atoms with Crippen molar-refractivity contribution in [2.45, 2.75) is 118 Å². The molecule has 0 atom stereocenters. The van der Waals surface area contributed by atoms with Crippen LogP contribution in [0.15, 0.2) is 36.4 Å². The second kappa shape index (κ2) is 15.1. The Balaban J connectivity index is 1.81. The molecular weight excluding hydrogens is 374 g/mol. The highest BCUT2D eigenvalue weighted by Crippen LogP contribution is 2.26. The van der Waals surface area contributed by atoms with E-state index in [0.29, 0.717) is 0 Å². The number of hydrogen-bond donors (Lipinski definition) is 1. The number of nitrogens with one attached hydrogen (secondary N) is 1. The molecule has 31 heavy (non-hydrogen) atoms. The maximum atomic E-state index is 3.68. The van der Waals surface area contributed by atoms with E-state index in [0.717, 1.165) is 0 Å². The fourth-order valence-corrected chi connectivity index (χ4v) is 4.41. The van der Waals surface area contributed by atoms with Gasteiger partial charge >= 0.3 is 0 Å². The molecule has 0 aliphatic heterocycles. The Bertz CT molecular complexity index is 683. The summed E-state index contributed by atoms with van der Waals surface area (Å²) >= 11 is 0. The normalized spacial score (nSPS) is 11.1. The van der Waals surface area contributed by atoms with Crippen LogP contribution in [-0.4, -0.2) is 0 Å². The van der Waals surface area contributed by atoms with E-state index in [-0.39, 0.29) is 0 Å². The summed E-state index contributed by atoms with van der Waals surface area (Å²) in [6, 6.07) is 13.9. The zero-order valence-electron chi connectivity index (χ0n) is 20.9. The van der Waals surface area contributed by atoms with Crippen LogP contribution in [0.1, 0.15) is 113 Å². The van der Waals surface area contributed by atoms with Crippen LogP contribution in [0.2, 0.25) is 0 Å².